The fraction of sp³-hybridized carbons (Fsp3) is 0.278. The van der Waals surface area contributed by atoms with Gasteiger partial charge >= 0.3 is 5.97 Å². The van der Waals surface area contributed by atoms with E-state index in [0.717, 1.165) is 0 Å². The summed E-state index contributed by atoms with van der Waals surface area (Å²) in [4.78, 5) is 22.5. The molecule has 0 aromatic heterocycles. The topological polar surface area (TPSA) is 69.4 Å². The Labute approximate surface area is 133 Å². The molecule has 1 aromatic carbocycles. The standard InChI is InChI=1S/C18H15NO4/c20-18(13-3-7-14(8-4-13)19(21)22)23-16-10-6-12-2-1-11-5-9-15(16)17(11)12/h1-12,15-17H/t11-,12+,15+,16-,17+/m1/s1. The van der Waals surface area contributed by atoms with Crippen LogP contribution in [-0.2, 0) is 4.74 Å². The Kier molecular flexibility index (Phi) is 3.15. The number of esters is 1. The van der Waals surface area contributed by atoms with Crippen molar-refractivity contribution in [3.63, 3.8) is 0 Å². The van der Waals surface area contributed by atoms with E-state index in [1.54, 1.807) is 0 Å². The van der Waals surface area contributed by atoms with Gasteiger partial charge in [0.15, 0.2) is 0 Å². The Balaban J connectivity index is 1.50. The zero-order valence-electron chi connectivity index (χ0n) is 12.2. The van der Waals surface area contributed by atoms with Crippen LogP contribution in [0.5, 0.6) is 0 Å². The maximum Gasteiger partial charge on any atom is 0.338 e. The van der Waals surface area contributed by atoms with Gasteiger partial charge in [0.1, 0.15) is 6.10 Å². The minimum Gasteiger partial charge on any atom is -0.454 e. The van der Waals surface area contributed by atoms with Crippen molar-refractivity contribution in [2.75, 3.05) is 0 Å². The summed E-state index contributed by atoms with van der Waals surface area (Å²) in [7, 11) is 0. The SMILES string of the molecule is O=C(O[C@@H]1C=C[C@@H]2C=C[C@@H]3C=C[C@@H]1[C@@H]32)c1ccc([N+](=O)[O-])cc1. The van der Waals surface area contributed by atoms with Crippen molar-refractivity contribution in [2.45, 2.75) is 6.10 Å². The molecule has 0 radical (unpaired) electrons. The zero-order valence-corrected chi connectivity index (χ0v) is 12.2. The number of hydrogen-bond donors (Lipinski definition) is 0. The van der Waals surface area contributed by atoms with E-state index in [2.05, 4.69) is 30.4 Å². The summed E-state index contributed by atoms with van der Waals surface area (Å²) in [6.07, 6.45) is 12.6. The van der Waals surface area contributed by atoms with E-state index >= 15 is 0 Å². The number of non-ortho nitro benzene ring substituents is 1. The fourth-order valence-corrected chi connectivity index (χ4v) is 3.78. The number of hydrogen-bond acceptors (Lipinski definition) is 4. The van der Waals surface area contributed by atoms with E-state index in [9.17, 15) is 14.9 Å². The highest BCUT2D eigenvalue weighted by Gasteiger charge is 2.44. The normalized spacial score (nSPS) is 32.8. The van der Waals surface area contributed by atoms with Gasteiger partial charge in [0.05, 0.1) is 10.5 Å². The average molecular weight is 309 g/mol. The number of ether oxygens (including phenoxy) is 1. The molecule has 5 nitrogen and oxygen atoms in total. The van der Waals surface area contributed by atoms with Crippen molar-refractivity contribution in [3.05, 3.63) is 76.4 Å². The lowest BCUT2D eigenvalue weighted by Gasteiger charge is -2.33. The second kappa shape index (κ2) is 5.19. The molecular formula is C18H15NO4. The molecule has 0 saturated carbocycles. The summed E-state index contributed by atoms with van der Waals surface area (Å²) in [6, 6.07) is 5.49. The van der Waals surface area contributed by atoms with Crippen molar-refractivity contribution in [1.82, 2.24) is 0 Å². The number of allylic oxidation sites excluding steroid dienone is 4. The van der Waals surface area contributed by atoms with Crippen LogP contribution in [0.2, 0.25) is 0 Å². The first-order valence-corrected chi connectivity index (χ1v) is 7.64. The van der Waals surface area contributed by atoms with E-state index in [1.165, 1.54) is 24.3 Å². The first kappa shape index (κ1) is 13.9. The Morgan fingerprint density at radius 1 is 0.957 bits per heavy atom. The molecule has 23 heavy (non-hydrogen) atoms. The van der Waals surface area contributed by atoms with Crippen molar-refractivity contribution < 1.29 is 14.5 Å². The highest BCUT2D eigenvalue weighted by Crippen LogP contribution is 2.47. The van der Waals surface area contributed by atoms with Crippen molar-refractivity contribution in [3.8, 4) is 0 Å². The molecule has 5 atom stereocenters. The van der Waals surface area contributed by atoms with Crippen LogP contribution in [0.4, 0.5) is 5.69 Å². The number of carbonyl (C=O) groups excluding carboxylic acids is 1. The van der Waals surface area contributed by atoms with E-state index in [0.29, 0.717) is 23.3 Å². The number of benzene rings is 1. The van der Waals surface area contributed by atoms with Gasteiger partial charge in [0, 0.05) is 18.1 Å². The minimum atomic E-state index is -0.490. The molecule has 5 heteroatoms. The fourth-order valence-electron chi connectivity index (χ4n) is 3.78. The Bertz CT molecular complexity index is 747. The molecule has 4 rings (SSSR count). The Morgan fingerprint density at radius 3 is 2.22 bits per heavy atom. The molecule has 116 valence electrons. The second-order valence-electron chi connectivity index (χ2n) is 6.14. The van der Waals surface area contributed by atoms with Crippen LogP contribution < -0.4 is 0 Å². The van der Waals surface area contributed by atoms with Gasteiger partial charge in [-0.1, -0.05) is 30.4 Å². The third-order valence-corrected chi connectivity index (χ3v) is 4.90. The molecule has 0 unspecified atom stereocenters. The summed E-state index contributed by atoms with van der Waals surface area (Å²) in [5.41, 5.74) is 0.287. The highest BCUT2D eigenvalue weighted by molar-refractivity contribution is 5.89. The van der Waals surface area contributed by atoms with E-state index in [1.807, 2.05) is 6.08 Å². The van der Waals surface area contributed by atoms with E-state index < -0.39 is 10.9 Å². The van der Waals surface area contributed by atoms with Crippen LogP contribution in [0, 0.1) is 33.8 Å². The van der Waals surface area contributed by atoms with Gasteiger partial charge in [-0.3, -0.25) is 10.1 Å². The molecular weight excluding hydrogens is 294 g/mol. The first-order valence-electron chi connectivity index (χ1n) is 7.64. The monoisotopic (exact) mass is 309 g/mol. The van der Waals surface area contributed by atoms with Crippen LogP contribution in [0.1, 0.15) is 10.4 Å². The Hall–Kier alpha value is -2.69. The number of carbonyl (C=O) groups is 1. The van der Waals surface area contributed by atoms with Crippen LogP contribution in [0.15, 0.2) is 60.7 Å². The van der Waals surface area contributed by atoms with Gasteiger partial charge in [0.25, 0.3) is 5.69 Å². The summed E-state index contributed by atoms with van der Waals surface area (Å²) < 4.78 is 5.64. The maximum absolute atomic E-state index is 12.3. The highest BCUT2D eigenvalue weighted by atomic mass is 16.6. The second-order valence-corrected chi connectivity index (χ2v) is 6.14. The minimum absolute atomic E-state index is 0.0412. The molecule has 1 aromatic rings. The predicted molar refractivity (Wildman–Crippen MR) is 83.7 cm³/mol. The quantitative estimate of drug-likeness (QED) is 0.372. The van der Waals surface area contributed by atoms with Crippen LogP contribution in [-0.4, -0.2) is 17.0 Å². The molecule has 0 aliphatic heterocycles. The lowest BCUT2D eigenvalue weighted by atomic mass is 9.76. The third-order valence-electron chi connectivity index (χ3n) is 4.90. The number of rotatable bonds is 3. The third kappa shape index (κ3) is 2.29. The summed E-state index contributed by atoms with van der Waals surface area (Å²) in [5, 5.41) is 10.7. The van der Waals surface area contributed by atoms with Gasteiger partial charge < -0.3 is 4.74 Å². The summed E-state index contributed by atoms with van der Waals surface area (Å²) in [5.74, 6) is 1.07. The predicted octanol–water partition coefficient (Wildman–Crippen LogP) is 3.29. The van der Waals surface area contributed by atoms with Crippen LogP contribution in [0.25, 0.3) is 0 Å². The molecule has 3 aliphatic carbocycles. The van der Waals surface area contributed by atoms with E-state index in [4.69, 9.17) is 4.74 Å². The van der Waals surface area contributed by atoms with Crippen LogP contribution >= 0.6 is 0 Å². The number of nitrogens with zero attached hydrogens (tertiary/aromatic N) is 1. The lowest BCUT2D eigenvalue weighted by Crippen LogP contribution is -2.34. The molecule has 0 fully saturated rings. The van der Waals surface area contributed by atoms with E-state index in [-0.39, 0.29) is 17.7 Å². The van der Waals surface area contributed by atoms with Gasteiger partial charge in [0.2, 0.25) is 0 Å². The number of nitro benzene ring substituents is 1. The van der Waals surface area contributed by atoms with Crippen molar-refractivity contribution in [1.29, 1.82) is 0 Å². The maximum atomic E-state index is 12.3. The van der Waals surface area contributed by atoms with Crippen molar-refractivity contribution in [2.24, 2.45) is 23.7 Å². The Morgan fingerprint density at radius 2 is 1.57 bits per heavy atom. The largest absolute Gasteiger partial charge is 0.454 e. The van der Waals surface area contributed by atoms with Gasteiger partial charge in [-0.15, -0.1) is 0 Å². The molecule has 0 heterocycles. The molecule has 0 saturated heterocycles. The van der Waals surface area contributed by atoms with Gasteiger partial charge in [-0.2, -0.15) is 0 Å². The molecule has 0 N–H and O–H groups in total. The lowest BCUT2D eigenvalue weighted by molar-refractivity contribution is -0.384. The van der Waals surface area contributed by atoms with Crippen LogP contribution in [0.3, 0.4) is 0 Å². The van der Waals surface area contributed by atoms with Gasteiger partial charge in [-0.25, -0.2) is 4.79 Å². The number of nitro groups is 1. The summed E-state index contributed by atoms with van der Waals surface area (Å²) in [6.45, 7) is 0. The zero-order chi connectivity index (χ0) is 16.0. The molecule has 3 aliphatic rings. The van der Waals surface area contributed by atoms with Gasteiger partial charge in [-0.05, 0) is 36.0 Å². The first-order chi connectivity index (χ1) is 11.1. The van der Waals surface area contributed by atoms with Crippen molar-refractivity contribution >= 4 is 11.7 Å². The average Bonchev–Trinajstić information content (AvgIpc) is 3.16. The molecule has 0 spiro atoms. The smallest absolute Gasteiger partial charge is 0.338 e. The molecule has 0 bridgehead atoms. The molecule has 0 amide bonds. The summed E-state index contributed by atoms with van der Waals surface area (Å²) >= 11 is 0.